The van der Waals surface area contributed by atoms with Gasteiger partial charge in [0.25, 0.3) is 0 Å². The van der Waals surface area contributed by atoms with E-state index in [0.29, 0.717) is 18.8 Å². The van der Waals surface area contributed by atoms with Gasteiger partial charge < -0.3 is 9.47 Å². The van der Waals surface area contributed by atoms with Gasteiger partial charge in [-0.15, -0.1) is 11.3 Å². The van der Waals surface area contributed by atoms with Crippen LogP contribution in [0.1, 0.15) is 38.8 Å². The van der Waals surface area contributed by atoms with Crippen LogP contribution in [0.4, 0.5) is 0 Å². The maximum absolute atomic E-state index is 12.0. The lowest BCUT2D eigenvalue weighted by atomic mass is 9.57. The number of nitrogens with zero attached hydrogens (tertiary/aromatic N) is 1. The van der Waals surface area contributed by atoms with E-state index < -0.39 is 0 Å². The van der Waals surface area contributed by atoms with Crippen LogP contribution in [-0.4, -0.2) is 29.8 Å². The van der Waals surface area contributed by atoms with Crippen LogP contribution >= 0.6 is 11.3 Å². The molecule has 0 spiro atoms. The molecule has 1 aromatic heterocycles. The van der Waals surface area contributed by atoms with Gasteiger partial charge in [-0.1, -0.05) is 13.8 Å². The number of aryl methyl sites for hydroxylation is 1. The van der Waals surface area contributed by atoms with Gasteiger partial charge in [0.1, 0.15) is 6.10 Å². The van der Waals surface area contributed by atoms with E-state index in [2.05, 4.69) is 18.8 Å². The van der Waals surface area contributed by atoms with Crippen molar-refractivity contribution < 1.29 is 14.3 Å². The summed E-state index contributed by atoms with van der Waals surface area (Å²) in [6.45, 7) is 5.12. The van der Waals surface area contributed by atoms with E-state index in [1.807, 2.05) is 5.38 Å². The number of esters is 1. The first-order valence-corrected chi connectivity index (χ1v) is 8.21. The summed E-state index contributed by atoms with van der Waals surface area (Å²) in [6.07, 6.45) is 3.53. The van der Waals surface area contributed by atoms with Crippen molar-refractivity contribution in [3.63, 3.8) is 0 Å². The lowest BCUT2D eigenvalue weighted by Gasteiger charge is -2.58. The predicted molar refractivity (Wildman–Crippen MR) is 76.6 cm³/mol. The van der Waals surface area contributed by atoms with E-state index in [9.17, 15) is 4.79 Å². The molecule has 2 fully saturated rings. The number of thiazole rings is 1. The largest absolute Gasteiger partial charge is 0.461 e. The number of rotatable bonds is 4. The first kappa shape index (κ1) is 14.0. The molecule has 1 aliphatic carbocycles. The van der Waals surface area contributed by atoms with Crippen molar-refractivity contribution in [3.05, 3.63) is 16.6 Å². The second kappa shape index (κ2) is 5.45. The number of hydrogen-bond acceptors (Lipinski definition) is 5. The summed E-state index contributed by atoms with van der Waals surface area (Å²) >= 11 is 1.56. The first-order chi connectivity index (χ1) is 9.59. The Hall–Kier alpha value is -0.940. The van der Waals surface area contributed by atoms with Crippen LogP contribution in [-0.2, 0) is 20.7 Å². The molecule has 0 radical (unpaired) electrons. The molecule has 20 heavy (non-hydrogen) atoms. The molecule has 2 aliphatic rings. The average Bonchev–Trinajstić information content (AvgIpc) is 2.96. The molecule has 0 amide bonds. The number of carbonyl (C=O) groups excluding carboxylic acids is 1. The molecule has 2 heterocycles. The molecule has 0 unspecified atom stereocenters. The van der Waals surface area contributed by atoms with Gasteiger partial charge in [-0.25, -0.2) is 4.98 Å². The summed E-state index contributed by atoms with van der Waals surface area (Å²) in [7, 11) is 0. The van der Waals surface area contributed by atoms with Crippen molar-refractivity contribution in [1.29, 1.82) is 0 Å². The minimum absolute atomic E-state index is 0.00994. The maximum atomic E-state index is 12.0. The van der Waals surface area contributed by atoms with E-state index >= 15 is 0 Å². The van der Waals surface area contributed by atoms with E-state index in [1.165, 1.54) is 0 Å². The maximum Gasteiger partial charge on any atom is 0.306 e. The Balaban J connectivity index is 1.53. The van der Waals surface area contributed by atoms with Gasteiger partial charge in [-0.05, 0) is 12.8 Å². The lowest BCUT2D eigenvalue weighted by Crippen LogP contribution is -2.65. The highest BCUT2D eigenvalue weighted by Crippen LogP contribution is 2.52. The Bertz CT molecular complexity index is 471. The van der Waals surface area contributed by atoms with Gasteiger partial charge in [0, 0.05) is 29.7 Å². The molecule has 3 rings (SSSR count). The molecule has 1 saturated carbocycles. The smallest absolute Gasteiger partial charge is 0.306 e. The van der Waals surface area contributed by atoms with Gasteiger partial charge in [0.05, 0.1) is 23.7 Å². The molecule has 0 N–H and O–H groups in total. The fourth-order valence-corrected chi connectivity index (χ4v) is 4.10. The molecule has 4 nitrogen and oxygen atoms in total. The minimum Gasteiger partial charge on any atom is -0.461 e. The van der Waals surface area contributed by atoms with Crippen molar-refractivity contribution in [2.24, 2.45) is 11.3 Å². The van der Waals surface area contributed by atoms with Crippen molar-refractivity contribution in [1.82, 2.24) is 4.98 Å². The summed E-state index contributed by atoms with van der Waals surface area (Å²) in [5, 5.41) is 1.98. The van der Waals surface area contributed by atoms with Crippen LogP contribution in [0.15, 0.2) is 10.9 Å². The third kappa shape index (κ3) is 2.49. The Labute approximate surface area is 123 Å². The van der Waals surface area contributed by atoms with Crippen LogP contribution in [0.25, 0.3) is 0 Å². The Morgan fingerprint density at radius 3 is 3.20 bits per heavy atom. The standard InChI is InChI=1S/C15H21NO3S/c1-15(2)13-11(4-3-7-18-13)14(15)19-12(17)6-5-10-8-20-9-16-10/h8-9,11,13-14H,3-7H2,1-2H3/t11-,13-,14-/m1/s1. The monoisotopic (exact) mass is 295 g/mol. The molecular weight excluding hydrogens is 274 g/mol. The Kier molecular flexibility index (Phi) is 3.82. The zero-order chi connectivity index (χ0) is 14.2. The second-order valence-corrected chi connectivity index (χ2v) is 7.03. The SMILES string of the molecule is CC1(C)[C@@H]2OCCC[C@H]2[C@H]1OC(=O)CCc1cscn1. The molecule has 1 aliphatic heterocycles. The Morgan fingerprint density at radius 1 is 1.60 bits per heavy atom. The minimum atomic E-state index is -0.111. The number of fused-ring (bicyclic) bond motifs is 1. The summed E-state index contributed by atoms with van der Waals surface area (Å²) in [4.78, 5) is 16.2. The van der Waals surface area contributed by atoms with Gasteiger partial charge in [-0.2, -0.15) is 0 Å². The molecular formula is C15H21NO3S. The fraction of sp³-hybridized carbons (Fsp3) is 0.733. The van der Waals surface area contributed by atoms with Crippen molar-refractivity contribution in [2.75, 3.05) is 6.61 Å². The predicted octanol–water partition coefficient (Wildman–Crippen LogP) is 2.82. The van der Waals surface area contributed by atoms with Crippen LogP contribution in [0.2, 0.25) is 0 Å². The van der Waals surface area contributed by atoms with Crippen molar-refractivity contribution in [3.8, 4) is 0 Å². The number of hydrogen-bond donors (Lipinski definition) is 0. The third-order valence-electron chi connectivity index (χ3n) is 4.55. The van der Waals surface area contributed by atoms with Crippen LogP contribution in [0.3, 0.4) is 0 Å². The number of ether oxygens (including phenoxy) is 2. The van der Waals surface area contributed by atoms with Gasteiger partial charge in [-0.3, -0.25) is 4.79 Å². The zero-order valence-electron chi connectivity index (χ0n) is 12.0. The molecule has 110 valence electrons. The summed E-state index contributed by atoms with van der Waals surface area (Å²) in [6, 6.07) is 0. The summed E-state index contributed by atoms with van der Waals surface area (Å²) < 4.78 is 11.5. The molecule has 1 saturated heterocycles. The van der Waals surface area contributed by atoms with E-state index in [-0.39, 0.29) is 23.6 Å². The highest BCUT2D eigenvalue weighted by molar-refractivity contribution is 7.07. The highest BCUT2D eigenvalue weighted by atomic mass is 32.1. The van der Waals surface area contributed by atoms with E-state index in [0.717, 1.165) is 25.1 Å². The number of carbonyl (C=O) groups is 1. The van der Waals surface area contributed by atoms with Crippen LogP contribution in [0, 0.1) is 11.3 Å². The highest BCUT2D eigenvalue weighted by Gasteiger charge is 2.60. The summed E-state index contributed by atoms with van der Waals surface area (Å²) in [5.41, 5.74) is 2.71. The van der Waals surface area contributed by atoms with Crippen molar-refractivity contribution >= 4 is 17.3 Å². The van der Waals surface area contributed by atoms with E-state index in [4.69, 9.17) is 9.47 Å². The first-order valence-electron chi connectivity index (χ1n) is 7.27. The number of aromatic nitrogens is 1. The van der Waals surface area contributed by atoms with Gasteiger partial charge in [0.2, 0.25) is 0 Å². The molecule has 3 atom stereocenters. The van der Waals surface area contributed by atoms with Gasteiger partial charge >= 0.3 is 5.97 Å². The molecule has 5 heteroatoms. The van der Waals surface area contributed by atoms with Crippen LogP contribution < -0.4 is 0 Å². The lowest BCUT2D eigenvalue weighted by molar-refractivity contribution is -0.254. The average molecular weight is 295 g/mol. The molecule has 0 aromatic carbocycles. The zero-order valence-corrected chi connectivity index (χ0v) is 12.8. The quantitative estimate of drug-likeness (QED) is 0.801. The van der Waals surface area contributed by atoms with Crippen LogP contribution in [0.5, 0.6) is 0 Å². The normalized spacial score (nSPS) is 31.2. The Morgan fingerprint density at radius 2 is 2.45 bits per heavy atom. The van der Waals surface area contributed by atoms with E-state index in [1.54, 1.807) is 16.8 Å². The fourth-order valence-electron chi connectivity index (χ4n) is 3.51. The topological polar surface area (TPSA) is 48.4 Å². The molecule has 0 bridgehead atoms. The van der Waals surface area contributed by atoms with Gasteiger partial charge in [0.15, 0.2) is 0 Å². The summed E-state index contributed by atoms with van der Waals surface area (Å²) in [5.74, 6) is 0.280. The van der Waals surface area contributed by atoms with Crippen molar-refractivity contribution in [2.45, 2.75) is 51.7 Å². The second-order valence-electron chi connectivity index (χ2n) is 6.31. The third-order valence-corrected chi connectivity index (χ3v) is 5.19. The molecule has 1 aromatic rings.